The molecule has 0 N–H and O–H groups in total. The third kappa shape index (κ3) is 2.30. The summed E-state index contributed by atoms with van der Waals surface area (Å²) in [4.78, 5) is 0. The van der Waals surface area contributed by atoms with E-state index >= 15 is 0 Å². The molecule has 2 rings (SSSR count). The lowest BCUT2D eigenvalue weighted by Crippen LogP contribution is -2.12. The van der Waals surface area contributed by atoms with Gasteiger partial charge in [-0.3, -0.25) is 4.68 Å². The average molecular weight is 205 g/mol. The molecular weight excluding hydrogens is 190 g/mol. The molecule has 0 atom stereocenters. The average Bonchev–Trinajstić information content (AvgIpc) is 2.86. The standard InChI is InChI=1S/C11H15N3O/c1-2-14-8-10(7-13-14)15-9-11(3-4-11)5-6-12/h7-8H,2-5,9H2,1H3. The Labute approximate surface area is 89.5 Å². The van der Waals surface area contributed by atoms with Crippen molar-refractivity contribution < 1.29 is 4.74 Å². The van der Waals surface area contributed by atoms with Crippen molar-refractivity contribution in [3.05, 3.63) is 12.4 Å². The van der Waals surface area contributed by atoms with Crippen molar-refractivity contribution in [2.24, 2.45) is 5.41 Å². The molecule has 1 aliphatic rings. The van der Waals surface area contributed by atoms with Crippen LogP contribution in [0.25, 0.3) is 0 Å². The lowest BCUT2D eigenvalue weighted by Gasteiger charge is -2.10. The first-order valence-corrected chi connectivity index (χ1v) is 5.30. The smallest absolute Gasteiger partial charge is 0.157 e. The summed E-state index contributed by atoms with van der Waals surface area (Å²) in [5.41, 5.74) is 0.142. The van der Waals surface area contributed by atoms with Crippen molar-refractivity contribution in [3.63, 3.8) is 0 Å². The summed E-state index contributed by atoms with van der Waals surface area (Å²) in [5, 5.41) is 12.8. The summed E-state index contributed by atoms with van der Waals surface area (Å²) in [6.45, 7) is 3.54. The molecule has 0 aliphatic heterocycles. The zero-order valence-electron chi connectivity index (χ0n) is 8.94. The van der Waals surface area contributed by atoms with E-state index < -0.39 is 0 Å². The van der Waals surface area contributed by atoms with E-state index in [-0.39, 0.29) is 5.41 Å². The van der Waals surface area contributed by atoms with Gasteiger partial charge in [-0.15, -0.1) is 0 Å². The fourth-order valence-corrected chi connectivity index (χ4v) is 1.55. The van der Waals surface area contributed by atoms with Gasteiger partial charge in [0.25, 0.3) is 0 Å². The van der Waals surface area contributed by atoms with Crippen LogP contribution in [0.4, 0.5) is 0 Å². The van der Waals surface area contributed by atoms with Crippen LogP contribution in [0.3, 0.4) is 0 Å². The van der Waals surface area contributed by atoms with Gasteiger partial charge in [-0.2, -0.15) is 10.4 Å². The van der Waals surface area contributed by atoms with Gasteiger partial charge in [0.1, 0.15) is 0 Å². The summed E-state index contributed by atoms with van der Waals surface area (Å²) >= 11 is 0. The number of hydrogen-bond donors (Lipinski definition) is 0. The van der Waals surface area contributed by atoms with E-state index in [1.807, 2.05) is 17.8 Å². The van der Waals surface area contributed by atoms with E-state index in [4.69, 9.17) is 10.00 Å². The highest BCUT2D eigenvalue weighted by atomic mass is 16.5. The molecule has 0 spiro atoms. The Morgan fingerprint density at radius 1 is 1.67 bits per heavy atom. The molecule has 1 aromatic heterocycles. The van der Waals surface area contributed by atoms with Crippen molar-refractivity contribution in [2.45, 2.75) is 32.7 Å². The highest BCUT2D eigenvalue weighted by Gasteiger charge is 2.43. The Hall–Kier alpha value is -1.50. The van der Waals surface area contributed by atoms with Gasteiger partial charge < -0.3 is 4.74 Å². The lowest BCUT2D eigenvalue weighted by molar-refractivity contribution is 0.236. The lowest BCUT2D eigenvalue weighted by atomic mass is 10.1. The van der Waals surface area contributed by atoms with Crippen molar-refractivity contribution in [1.29, 1.82) is 5.26 Å². The molecule has 0 unspecified atom stereocenters. The number of rotatable bonds is 5. The topological polar surface area (TPSA) is 50.8 Å². The van der Waals surface area contributed by atoms with E-state index in [1.54, 1.807) is 6.20 Å². The maximum absolute atomic E-state index is 8.66. The molecule has 1 aliphatic carbocycles. The third-order valence-corrected chi connectivity index (χ3v) is 2.89. The summed E-state index contributed by atoms with van der Waals surface area (Å²) < 4.78 is 7.47. The number of aryl methyl sites for hydroxylation is 1. The number of hydrogen-bond acceptors (Lipinski definition) is 3. The van der Waals surface area contributed by atoms with Gasteiger partial charge in [0.2, 0.25) is 0 Å². The van der Waals surface area contributed by atoms with Crippen molar-refractivity contribution in [3.8, 4) is 11.8 Å². The normalized spacial score (nSPS) is 17.1. The third-order valence-electron chi connectivity index (χ3n) is 2.89. The Kier molecular flexibility index (Phi) is 2.63. The maximum atomic E-state index is 8.66. The minimum atomic E-state index is 0.142. The molecule has 0 bridgehead atoms. The molecule has 1 heterocycles. The van der Waals surface area contributed by atoms with Gasteiger partial charge >= 0.3 is 0 Å². The van der Waals surface area contributed by atoms with Gasteiger partial charge in [0.05, 0.1) is 25.1 Å². The van der Waals surface area contributed by atoms with Crippen LogP contribution in [0.15, 0.2) is 12.4 Å². The van der Waals surface area contributed by atoms with E-state index in [0.29, 0.717) is 13.0 Å². The molecule has 0 aromatic carbocycles. The zero-order valence-corrected chi connectivity index (χ0v) is 8.94. The molecule has 0 saturated heterocycles. The van der Waals surface area contributed by atoms with Gasteiger partial charge in [0, 0.05) is 18.4 Å². The van der Waals surface area contributed by atoms with Crippen LogP contribution in [0.2, 0.25) is 0 Å². The van der Waals surface area contributed by atoms with E-state index in [9.17, 15) is 0 Å². The first-order chi connectivity index (χ1) is 7.28. The van der Waals surface area contributed by atoms with Crippen LogP contribution in [-0.2, 0) is 6.54 Å². The highest BCUT2D eigenvalue weighted by Crippen LogP contribution is 2.48. The molecule has 4 nitrogen and oxygen atoms in total. The molecule has 0 amide bonds. The number of aromatic nitrogens is 2. The highest BCUT2D eigenvalue weighted by molar-refractivity contribution is 5.12. The zero-order chi connectivity index (χ0) is 10.7. The molecule has 1 aromatic rings. The summed E-state index contributed by atoms with van der Waals surface area (Å²) in [5.74, 6) is 0.807. The first kappa shape index (κ1) is 10.0. The van der Waals surface area contributed by atoms with Gasteiger partial charge in [0.15, 0.2) is 5.75 Å². The van der Waals surface area contributed by atoms with Gasteiger partial charge in [-0.1, -0.05) is 0 Å². The van der Waals surface area contributed by atoms with Crippen LogP contribution in [0.5, 0.6) is 5.75 Å². The molecule has 80 valence electrons. The van der Waals surface area contributed by atoms with Crippen LogP contribution < -0.4 is 4.74 Å². The van der Waals surface area contributed by atoms with Crippen LogP contribution in [0, 0.1) is 16.7 Å². The summed E-state index contributed by atoms with van der Waals surface area (Å²) in [6, 6.07) is 2.22. The number of nitriles is 1. The number of ether oxygens (including phenoxy) is 1. The van der Waals surface area contributed by atoms with Gasteiger partial charge in [-0.05, 0) is 19.8 Å². The Balaban J connectivity index is 1.85. The second kappa shape index (κ2) is 3.93. The monoisotopic (exact) mass is 205 g/mol. The molecule has 0 radical (unpaired) electrons. The Bertz CT molecular complexity index is 373. The molecule has 4 heteroatoms. The summed E-state index contributed by atoms with van der Waals surface area (Å²) in [7, 11) is 0. The fraction of sp³-hybridized carbons (Fsp3) is 0.636. The molecule has 1 saturated carbocycles. The number of nitrogens with zero attached hydrogens (tertiary/aromatic N) is 3. The van der Waals surface area contributed by atoms with E-state index in [0.717, 1.165) is 25.1 Å². The van der Waals surface area contributed by atoms with Crippen molar-refractivity contribution >= 4 is 0 Å². The molecule has 1 fully saturated rings. The minimum absolute atomic E-state index is 0.142. The molecular formula is C11H15N3O. The second-order valence-corrected chi connectivity index (χ2v) is 4.16. The fourth-order valence-electron chi connectivity index (χ4n) is 1.55. The second-order valence-electron chi connectivity index (χ2n) is 4.16. The van der Waals surface area contributed by atoms with Crippen molar-refractivity contribution in [1.82, 2.24) is 9.78 Å². The SMILES string of the molecule is CCn1cc(OCC2(CC#N)CC2)cn1. The maximum Gasteiger partial charge on any atom is 0.157 e. The first-order valence-electron chi connectivity index (χ1n) is 5.30. The predicted molar refractivity (Wildman–Crippen MR) is 55.3 cm³/mol. The van der Waals surface area contributed by atoms with E-state index in [1.165, 1.54) is 0 Å². The van der Waals surface area contributed by atoms with Gasteiger partial charge in [-0.25, -0.2) is 0 Å². The predicted octanol–water partition coefficient (Wildman–Crippen LogP) is 1.98. The largest absolute Gasteiger partial charge is 0.490 e. The minimum Gasteiger partial charge on any atom is -0.490 e. The Morgan fingerprint density at radius 2 is 2.47 bits per heavy atom. The van der Waals surface area contributed by atoms with Crippen LogP contribution >= 0.6 is 0 Å². The Morgan fingerprint density at radius 3 is 3.00 bits per heavy atom. The van der Waals surface area contributed by atoms with Crippen LogP contribution in [0.1, 0.15) is 26.2 Å². The van der Waals surface area contributed by atoms with Crippen molar-refractivity contribution in [2.75, 3.05) is 6.61 Å². The summed E-state index contributed by atoms with van der Waals surface area (Å²) in [6.07, 6.45) is 6.45. The quantitative estimate of drug-likeness (QED) is 0.738. The van der Waals surface area contributed by atoms with Crippen LogP contribution in [-0.4, -0.2) is 16.4 Å². The molecule has 15 heavy (non-hydrogen) atoms. The van der Waals surface area contributed by atoms with E-state index in [2.05, 4.69) is 11.2 Å².